The first-order chi connectivity index (χ1) is 11.3. The molecule has 0 fully saturated rings. The zero-order valence-electron chi connectivity index (χ0n) is 13.9. The highest BCUT2D eigenvalue weighted by Gasteiger charge is 2.26. The number of anilines is 2. The maximum absolute atomic E-state index is 11.9. The van der Waals surface area contributed by atoms with Gasteiger partial charge in [0.25, 0.3) is 0 Å². The van der Waals surface area contributed by atoms with Crippen molar-refractivity contribution in [1.29, 1.82) is 0 Å². The van der Waals surface area contributed by atoms with Crippen LogP contribution in [0.4, 0.5) is 11.4 Å². The van der Waals surface area contributed by atoms with Crippen molar-refractivity contribution < 1.29 is 14.7 Å². The number of rotatable bonds is 5. The van der Waals surface area contributed by atoms with Gasteiger partial charge in [-0.2, -0.15) is 0 Å². The number of aliphatic hydroxyl groups is 1. The van der Waals surface area contributed by atoms with E-state index in [1.807, 2.05) is 42.6 Å². The van der Waals surface area contributed by atoms with Crippen molar-refractivity contribution in [2.45, 2.75) is 12.5 Å². The van der Waals surface area contributed by atoms with Gasteiger partial charge in [0.1, 0.15) is 5.60 Å². The molecule has 2 rings (SSSR count). The molecule has 2 amide bonds. The lowest BCUT2D eigenvalue weighted by molar-refractivity contribution is -0.136. The number of hydrogen-bond donors (Lipinski definition) is 3. The third-order valence-electron chi connectivity index (χ3n) is 3.49. The van der Waals surface area contributed by atoms with Gasteiger partial charge in [-0.1, -0.05) is 6.07 Å². The van der Waals surface area contributed by atoms with Crippen LogP contribution in [-0.2, 0) is 15.2 Å². The molecule has 0 aliphatic rings. The lowest BCUT2D eigenvalue weighted by atomic mass is 10.1. The van der Waals surface area contributed by atoms with Crippen molar-refractivity contribution >= 4 is 34.5 Å². The fraction of sp³-hybridized carbons (Fsp3) is 0.294. The van der Waals surface area contributed by atoms with Gasteiger partial charge in [-0.25, -0.2) is 0 Å². The number of nitrogens with zero attached hydrogens (tertiary/aromatic N) is 1. The Bertz CT molecular complexity index is 694. The fourth-order valence-electron chi connectivity index (χ4n) is 2.04. The summed E-state index contributed by atoms with van der Waals surface area (Å²) in [5.74, 6) is -1.56. The molecule has 0 saturated heterocycles. The largest absolute Gasteiger partial charge is 0.383 e. The molecule has 1 unspecified atom stereocenters. The molecule has 3 N–H and O–H groups in total. The molecule has 1 heterocycles. The summed E-state index contributed by atoms with van der Waals surface area (Å²) in [4.78, 5) is 26.5. The predicted molar refractivity (Wildman–Crippen MR) is 96.3 cm³/mol. The summed E-state index contributed by atoms with van der Waals surface area (Å²) < 4.78 is 0. The minimum Gasteiger partial charge on any atom is -0.383 e. The van der Waals surface area contributed by atoms with Crippen LogP contribution in [0, 0.1) is 0 Å². The van der Waals surface area contributed by atoms with Gasteiger partial charge in [0, 0.05) is 30.3 Å². The van der Waals surface area contributed by atoms with Crippen LogP contribution in [0.1, 0.15) is 11.8 Å². The second kappa shape index (κ2) is 7.46. The van der Waals surface area contributed by atoms with Gasteiger partial charge < -0.3 is 20.6 Å². The van der Waals surface area contributed by atoms with E-state index in [1.165, 1.54) is 11.3 Å². The van der Waals surface area contributed by atoms with Gasteiger partial charge in [-0.15, -0.1) is 11.3 Å². The van der Waals surface area contributed by atoms with E-state index in [1.54, 1.807) is 25.1 Å². The minimum absolute atomic E-state index is 0.0423. The van der Waals surface area contributed by atoms with Crippen LogP contribution in [0.5, 0.6) is 0 Å². The Morgan fingerprint density at radius 1 is 1.17 bits per heavy atom. The smallest absolute Gasteiger partial charge is 0.313 e. The van der Waals surface area contributed by atoms with Crippen LogP contribution in [0.3, 0.4) is 0 Å². The zero-order chi connectivity index (χ0) is 17.7. The van der Waals surface area contributed by atoms with E-state index in [0.29, 0.717) is 5.69 Å². The number of carbonyl (C=O) groups excluding carboxylic acids is 2. The van der Waals surface area contributed by atoms with Gasteiger partial charge in [0.15, 0.2) is 0 Å². The number of nitrogens with one attached hydrogen (secondary N) is 2. The SMILES string of the molecule is CN(C)c1ccc(NC(=O)C(=O)NCC(C)(O)c2cccs2)cc1. The molecule has 1 aromatic heterocycles. The standard InChI is InChI=1S/C17H21N3O3S/c1-17(23,14-5-4-10-24-14)11-18-15(21)16(22)19-12-6-8-13(9-7-12)20(2)3/h4-10,23H,11H2,1-3H3,(H,18,21)(H,19,22). The van der Waals surface area contributed by atoms with Crippen molar-refractivity contribution in [3.63, 3.8) is 0 Å². The normalized spacial score (nSPS) is 13.0. The fourth-order valence-corrected chi connectivity index (χ4v) is 2.82. The predicted octanol–water partition coefficient (Wildman–Crippen LogP) is 1.78. The molecule has 0 aliphatic heterocycles. The van der Waals surface area contributed by atoms with E-state index in [-0.39, 0.29) is 6.54 Å². The van der Waals surface area contributed by atoms with E-state index in [9.17, 15) is 14.7 Å². The van der Waals surface area contributed by atoms with Crippen LogP contribution in [0.2, 0.25) is 0 Å². The van der Waals surface area contributed by atoms with Gasteiger partial charge in [0.2, 0.25) is 0 Å². The molecule has 24 heavy (non-hydrogen) atoms. The molecule has 7 heteroatoms. The van der Waals surface area contributed by atoms with E-state index in [0.717, 1.165) is 10.6 Å². The number of benzene rings is 1. The molecule has 2 aromatic rings. The van der Waals surface area contributed by atoms with Gasteiger partial charge in [-0.05, 0) is 42.6 Å². The highest BCUT2D eigenvalue weighted by Crippen LogP contribution is 2.24. The second-order valence-electron chi connectivity index (χ2n) is 5.83. The molecule has 1 atom stereocenters. The van der Waals surface area contributed by atoms with Gasteiger partial charge in [-0.3, -0.25) is 9.59 Å². The molecule has 0 radical (unpaired) electrons. The van der Waals surface area contributed by atoms with E-state index in [4.69, 9.17) is 0 Å². The lowest BCUT2D eigenvalue weighted by Crippen LogP contribution is -2.42. The van der Waals surface area contributed by atoms with E-state index in [2.05, 4.69) is 10.6 Å². The average molecular weight is 347 g/mol. The Kier molecular flexibility index (Phi) is 5.58. The summed E-state index contributed by atoms with van der Waals surface area (Å²) in [7, 11) is 3.83. The first-order valence-corrected chi connectivity index (χ1v) is 8.30. The average Bonchev–Trinajstić information content (AvgIpc) is 3.08. The Labute approximate surface area is 145 Å². The lowest BCUT2D eigenvalue weighted by Gasteiger charge is -2.22. The summed E-state index contributed by atoms with van der Waals surface area (Å²) >= 11 is 1.39. The molecule has 0 spiro atoms. The van der Waals surface area contributed by atoms with Crippen molar-refractivity contribution in [2.75, 3.05) is 30.9 Å². The number of thiophene rings is 1. The summed E-state index contributed by atoms with van der Waals surface area (Å²) in [5.41, 5.74) is 0.312. The quantitative estimate of drug-likeness (QED) is 0.720. The van der Waals surface area contributed by atoms with Crippen molar-refractivity contribution in [1.82, 2.24) is 5.32 Å². The van der Waals surface area contributed by atoms with Crippen LogP contribution in [0.25, 0.3) is 0 Å². The maximum atomic E-state index is 11.9. The van der Waals surface area contributed by atoms with Crippen LogP contribution in [0.15, 0.2) is 41.8 Å². The minimum atomic E-state index is -1.21. The van der Waals surface area contributed by atoms with Crippen LogP contribution < -0.4 is 15.5 Å². The monoisotopic (exact) mass is 347 g/mol. The summed E-state index contributed by atoms with van der Waals surface area (Å²) in [6.45, 7) is 1.55. The van der Waals surface area contributed by atoms with Crippen LogP contribution >= 0.6 is 11.3 Å². The Hall–Kier alpha value is -2.38. The summed E-state index contributed by atoms with van der Waals surface area (Å²) in [6, 6.07) is 10.7. The van der Waals surface area contributed by atoms with E-state index >= 15 is 0 Å². The second-order valence-corrected chi connectivity index (χ2v) is 6.78. The Morgan fingerprint density at radius 2 is 1.83 bits per heavy atom. The molecule has 128 valence electrons. The van der Waals surface area contributed by atoms with Gasteiger partial charge in [0.05, 0.1) is 6.54 Å². The Morgan fingerprint density at radius 3 is 2.38 bits per heavy atom. The third kappa shape index (κ3) is 4.56. The number of amides is 2. The summed E-state index contributed by atoms with van der Waals surface area (Å²) in [5, 5.41) is 17.2. The van der Waals surface area contributed by atoms with E-state index < -0.39 is 17.4 Å². The summed E-state index contributed by atoms with van der Waals surface area (Å²) in [6.07, 6.45) is 0. The number of hydrogen-bond acceptors (Lipinski definition) is 5. The first kappa shape index (κ1) is 18.0. The molecular formula is C17H21N3O3S. The van der Waals surface area contributed by atoms with Crippen molar-refractivity contribution in [3.05, 3.63) is 46.7 Å². The highest BCUT2D eigenvalue weighted by molar-refractivity contribution is 7.10. The molecule has 0 saturated carbocycles. The van der Waals surface area contributed by atoms with Crippen molar-refractivity contribution in [3.8, 4) is 0 Å². The molecule has 0 bridgehead atoms. The first-order valence-electron chi connectivity index (χ1n) is 7.42. The zero-order valence-corrected chi connectivity index (χ0v) is 14.7. The molecular weight excluding hydrogens is 326 g/mol. The number of carbonyl (C=O) groups is 2. The highest BCUT2D eigenvalue weighted by atomic mass is 32.1. The van der Waals surface area contributed by atoms with Gasteiger partial charge >= 0.3 is 11.8 Å². The van der Waals surface area contributed by atoms with Crippen LogP contribution in [-0.4, -0.2) is 37.6 Å². The molecule has 1 aromatic carbocycles. The Balaban J connectivity index is 1.89. The van der Waals surface area contributed by atoms with Crippen molar-refractivity contribution in [2.24, 2.45) is 0 Å². The molecule has 6 nitrogen and oxygen atoms in total. The molecule has 0 aliphatic carbocycles. The third-order valence-corrected chi connectivity index (χ3v) is 4.62. The topological polar surface area (TPSA) is 81.7 Å². The maximum Gasteiger partial charge on any atom is 0.313 e.